The first-order chi connectivity index (χ1) is 9.31. The molecule has 19 heavy (non-hydrogen) atoms. The molecule has 0 spiro atoms. The lowest BCUT2D eigenvalue weighted by molar-refractivity contribution is -0.109. The van der Waals surface area contributed by atoms with E-state index in [9.17, 15) is 4.79 Å². The summed E-state index contributed by atoms with van der Waals surface area (Å²) >= 11 is 0. The molecular formula is C15H15N3O. The van der Waals surface area contributed by atoms with Crippen LogP contribution in [0.2, 0.25) is 0 Å². The molecule has 1 aliphatic heterocycles. The Morgan fingerprint density at radius 1 is 1.26 bits per heavy atom. The van der Waals surface area contributed by atoms with Crippen LogP contribution in [0.25, 0.3) is 0 Å². The third-order valence-corrected chi connectivity index (χ3v) is 3.67. The second kappa shape index (κ2) is 4.80. The van der Waals surface area contributed by atoms with Crippen LogP contribution in [-0.2, 0) is 11.2 Å². The van der Waals surface area contributed by atoms with E-state index in [1.807, 2.05) is 31.5 Å². The van der Waals surface area contributed by atoms with Crippen LogP contribution in [0.3, 0.4) is 0 Å². The van der Waals surface area contributed by atoms with Gasteiger partial charge in [0, 0.05) is 25.1 Å². The summed E-state index contributed by atoms with van der Waals surface area (Å²) in [5, 5.41) is 0. The number of hydrogen-bond donors (Lipinski definition) is 0. The van der Waals surface area contributed by atoms with Crippen molar-refractivity contribution < 1.29 is 4.79 Å². The van der Waals surface area contributed by atoms with Crippen LogP contribution in [0, 0.1) is 6.92 Å². The molecule has 0 aliphatic carbocycles. The number of carbonyl (C=O) groups excluding carboxylic acids is 1. The van der Waals surface area contributed by atoms with E-state index < -0.39 is 0 Å². The van der Waals surface area contributed by atoms with Gasteiger partial charge in [-0.2, -0.15) is 0 Å². The topological polar surface area (TPSA) is 46.1 Å². The Kier molecular flexibility index (Phi) is 2.99. The largest absolute Gasteiger partial charge is 0.356 e. The summed E-state index contributed by atoms with van der Waals surface area (Å²) in [6.45, 7) is 2.86. The van der Waals surface area contributed by atoms with Gasteiger partial charge in [-0.05, 0) is 42.2 Å². The number of anilines is 1. The van der Waals surface area contributed by atoms with Crippen LogP contribution in [0.1, 0.15) is 22.7 Å². The number of fused-ring (bicyclic) bond motifs is 1. The van der Waals surface area contributed by atoms with E-state index in [-0.39, 0.29) is 6.04 Å². The highest BCUT2D eigenvalue weighted by atomic mass is 16.1. The van der Waals surface area contributed by atoms with E-state index in [0.717, 1.165) is 41.6 Å². The molecule has 0 amide bonds. The maximum absolute atomic E-state index is 11.5. The van der Waals surface area contributed by atoms with E-state index in [0.29, 0.717) is 0 Å². The number of rotatable bonds is 2. The molecule has 0 saturated carbocycles. The van der Waals surface area contributed by atoms with E-state index in [1.54, 1.807) is 12.4 Å². The van der Waals surface area contributed by atoms with E-state index >= 15 is 0 Å². The van der Waals surface area contributed by atoms with Crippen LogP contribution < -0.4 is 4.90 Å². The summed E-state index contributed by atoms with van der Waals surface area (Å²) in [5.74, 6) is 0. The average Bonchev–Trinajstić information content (AvgIpc) is 2.46. The fraction of sp³-hybridized carbons (Fsp3) is 0.267. The molecule has 4 heteroatoms. The Morgan fingerprint density at radius 3 is 2.84 bits per heavy atom. The minimum atomic E-state index is -0.241. The van der Waals surface area contributed by atoms with Crippen molar-refractivity contribution in [2.24, 2.45) is 0 Å². The molecule has 96 valence electrons. The van der Waals surface area contributed by atoms with Gasteiger partial charge < -0.3 is 9.69 Å². The quantitative estimate of drug-likeness (QED) is 0.769. The van der Waals surface area contributed by atoms with E-state index in [1.165, 1.54) is 0 Å². The van der Waals surface area contributed by atoms with Crippen LogP contribution in [0.15, 0.2) is 36.9 Å². The van der Waals surface area contributed by atoms with Crippen LogP contribution in [-0.4, -0.2) is 22.8 Å². The van der Waals surface area contributed by atoms with Crippen LogP contribution >= 0.6 is 0 Å². The Labute approximate surface area is 112 Å². The highest BCUT2D eigenvalue weighted by Gasteiger charge is 2.28. The summed E-state index contributed by atoms with van der Waals surface area (Å²) in [6.07, 6.45) is 9.12. The number of aldehydes is 1. The van der Waals surface area contributed by atoms with Gasteiger partial charge in [0.1, 0.15) is 12.3 Å². The summed E-state index contributed by atoms with van der Waals surface area (Å²) in [7, 11) is 0. The predicted octanol–water partition coefficient (Wildman–Crippen LogP) is 2.09. The number of aryl methyl sites for hydroxylation is 1. The first-order valence-corrected chi connectivity index (χ1v) is 6.36. The Bertz CT molecular complexity index is 612. The van der Waals surface area contributed by atoms with Gasteiger partial charge in [-0.25, -0.2) is 0 Å². The van der Waals surface area contributed by atoms with Crippen LogP contribution in [0.5, 0.6) is 0 Å². The van der Waals surface area contributed by atoms with Gasteiger partial charge in [-0.1, -0.05) is 0 Å². The van der Waals surface area contributed by atoms with Gasteiger partial charge in [0.2, 0.25) is 0 Å². The van der Waals surface area contributed by atoms with Gasteiger partial charge in [-0.3, -0.25) is 9.97 Å². The Hall–Kier alpha value is -2.23. The molecule has 0 saturated heterocycles. The lowest BCUT2D eigenvalue weighted by Crippen LogP contribution is -2.36. The molecule has 1 atom stereocenters. The zero-order chi connectivity index (χ0) is 13.2. The van der Waals surface area contributed by atoms with Crippen molar-refractivity contribution in [2.75, 3.05) is 11.4 Å². The van der Waals surface area contributed by atoms with Crippen molar-refractivity contribution in [3.05, 3.63) is 53.6 Å². The summed E-state index contributed by atoms with van der Waals surface area (Å²) < 4.78 is 0. The molecule has 2 aromatic heterocycles. The summed E-state index contributed by atoms with van der Waals surface area (Å²) in [6, 6.07) is 3.67. The number of pyridine rings is 2. The van der Waals surface area contributed by atoms with Gasteiger partial charge in [0.05, 0.1) is 11.9 Å². The zero-order valence-electron chi connectivity index (χ0n) is 10.8. The molecule has 1 aliphatic rings. The average molecular weight is 253 g/mol. The van der Waals surface area contributed by atoms with Crippen molar-refractivity contribution in [1.82, 2.24) is 9.97 Å². The smallest absolute Gasteiger partial charge is 0.147 e. The van der Waals surface area contributed by atoms with Gasteiger partial charge in [-0.15, -0.1) is 0 Å². The molecule has 0 radical (unpaired) electrons. The standard InChI is InChI=1S/C15H15N3O/c1-11-2-5-17-9-14(11)18-7-4-12-8-16-6-3-13(12)15(18)10-19/h2-3,5-6,8-10,15H,4,7H2,1H3. The summed E-state index contributed by atoms with van der Waals surface area (Å²) in [5.41, 5.74) is 4.39. The SMILES string of the molecule is Cc1ccncc1N1CCc2cnccc2C1C=O. The van der Waals surface area contributed by atoms with Crippen molar-refractivity contribution in [1.29, 1.82) is 0 Å². The molecule has 1 unspecified atom stereocenters. The van der Waals surface area contributed by atoms with Crippen molar-refractivity contribution in [3.63, 3.8) is 0 Å². The van der Waals surface area contributed by atoms with Gasteiger partial charge >= 0.3 is 0 Å². The molecule has 3 heterocycles. The lowest BCUT2D eigenvalue weighted by Gasteiger charge is -2.36. The Morgan fingerprint density at radius 2 is 2.05 bits per heavy atom. The number of aromatic nitrogens is 2. The second-order valence-electron chi connectivity index (χ2n) is 4.76. The second-order valence-corrected chi connectivity index (χ2v) is 4.76. The zero-order valence-corrected chi connectivity index (χ0v) is 10.8. The monoisotopic (exact) mass is 253 g/mol. The van der Waals surface area contributed by atoms with Crippen molar-refractivity contribution in [2.45, 2.75) is 19.4 Å². The van der Waals surface area contributed by atoms with Gasteiger partial charge in [0.15, 0.2) is 0 Å². The fourth-order valence-electron chi connectivity index (χ4n) is 2.66. The summed E-state index contributed by atoms with van der Waals surface area (Å²) in [4.78, 5) is 22.0. The predicted molar refractivity (Wildman–Crippen MR) is 73.1 cm³/mol. The van der Waals surface area contributed by atoms with Crippen molar-refractivity contribution in [3.8, 4) is 0 Å². The molecule has 0 N–H and O–H groups in total. The van der Waals surface area contributed by atoms with Crippen LogP contribution in [0.4, 0.5) is 5.69 Å². The Balaban J connectivity index is 2.06. The molecular weight excluding hydrogens is 238 g/mol. The normalized spacial score (nSPS) is 17.9. The minimum absolute atomic E-state index is 0.241. The lowest BCUT2D eigenvalue weighted by atomic mass is 9.94. The fourth-order valence-corrected chi connectivity index (χ4v) is 2.66. The number of nitrogens with zero attached hydrogens (tertiary/aromatic N) is 3. The number of hydrogen-bond acceptors (Lipinski definition) is 4. The maximum Gasteiger partial charge on any atom is 0.147 e. The molecule has 0 fully saturated rings. The minimum Gasteiger partial charge on any atom is -0.356 e. The highest BCUT2D eigenvalue weighted by Crippen LogP contribution is 2.33. The van der Waals surface area contributed by atoms with Crippen molar-refractivity contribution >= 4 is 12.0 Å². The van der Waals surface area contributed by atoms with E-state index in [2.05, 4.69) is 14.9 Å². The third kappa shape index (κ3) is 1.99. The van der Waals surface area contributed by atoms with E-state index in [4.69, 9.17) is 0 Å². The molecule has 4 nitrogen and oxygen atoms in total. The number of carbonyl (C=O) groups is 1. The third-order valence-electron chi connectivity index (χ3n) is 3.67. The maximum atomic E-state index is 11.5. The molecule has 3 rings (SSSR count). The molecule has 0 aromatic carbocycles. The first kappa shape index (κ1) is 11.8. The van der Waals surface area contributed by atoms with Gasteiger partial charge in [0.25, 0.3) is 0 Å². The highest BCUT2D eigenvalue weighted by molar-refractivity contribution is 5.71. The molecule has 0 bridgehead atoms. The first-order valence-electron chi connectivity index (χ1n) is 6.36. The molecule has 2 aromatic rings.